The molecule has 0 aromatic heterocycles. The molecule has 11 nitrogen and oxygen atoms in total. The van der Waals surface area contributed by atoms with Crippen molar-refractivity contribution < 1.29 is 52.4 Å². The Balaban J connectivity index is 1.22. The lowest BCUT2D eigenvalue weighted by Crippen LogP contribution is -2.23. The van der Waals surface area contributed by atoms with Crippen LogP contribution in [0.5, 0.6) is 23.0 Å². The molecule has 11 heteroatoms. The Labute approximate surface area is 325 Å². The molecule has 4 rings (SSSR count). The van der Waals surface area contributed by atoms with Gasteiger partial charge in [-0.1, -0.05) is 56.1 Å². The van der Waals surface area contributed by atoms with Crippen molar-refractivity contribution in [1.29, 1.82) is 0 Å². The first-order chi connectivity index (χ1) is 26.8. The molecular formula is C45H42O11. The van der Waals surface area contributed by atoms with Crippen LogP contribution in [0.2, 0.25) is 0 Å². The van der Waals surface area contributed by atoms with Gasteiger partial charge in [0.2, 0.25) is 0 Å². The summed E-state index contributed by atoms with van der Waals surface area (Å²) in [5.74, 6) is -1.65. The van der Waals surface area contributed by atoms with Gasteiger partial charge in [-0.3, -0.25) is 0 Å². The highest BCUT2D eigenvalue weighted by Crippen LogP contribution is 2.24. The largest absolute Gasteiger partial charge is 0.494 e. The van der Waals surface area contributed by atoms with Crippen LogP contribution < -0.4 is 18.9 Å². The molecule has 0 aliphatic rings. The SMILES string of the molecule is C=C(C)C(=O)OCC(CCOc1ccc(-c2ccc(/C=C/C(=O)Oc3ccc(OC(=O)c4ccc(OC(=O)C(=C)C)cc4)cc3)cc2)cc1)COC(=O)C(=C)C. The van der Waals surface area contributed by atoms with E-state index in [0.29, 0.717) is 18.8 Å². The van der Waals surface area contributed by atoms with E-state index in [1.54, 1.807) is 19.9 Å². The predicted octanol–water partition coefficient (Wildman–Crippen LogP) is 8.30. The number of carbonyl (C=O) groups excluding carboxylic acids is 5. The fourth-order valence-electron chi connectivity index (χ4n) is 4.63. The fourth-order valence-corrected chi connectivity index (χ4v) is 4.63. The molecule has 0 aliphatic heterocycles. The van der Waals surface area contributed by atoms with E-state index in [1.165, 1.54) is 61.5 Å². The molecule has 56 heavy (non-hydrogen) atoms. The standard InChI is InChI=1S/C45H42O11/c1-29(2)42(47)52-27-33(28-53-43(48)30(3)4)25-26-51-37-16-12-35(13-17-37)34-10-7-32(8-11-34)9-24-41(46)54-38-20-22-40(23-21-38)56-45(50)36-14-18-39(19-15-36)55-44(49)31(5)6/h7-24,33H,1,3,5,25-28H2,2,4,6H3/b24-9+. The van der Waals surface area contributed by atoms with Gasteiger partial charge in [-0.2, -0.15) is 0 Å². The molecule has 0 heterocycles. The Morgan fingerprint density at radius 2 is 1.00 bits per heavy atom. The van der Waals surface area contributed by atoms with Crippen molar-refractivity contribution in [1.82, 2.24) is 0 Å². The quantitative estimate of drug-likeness (QED) is 0.0550. The van der Waals surface area contributed by atoms with Crippen LogP contribution >= 0.6 is 0 Å². The second-order valence-electron chi connectivity index (χ2n) is 12.7. The number of hydrogen-bond acceptors (Lipinski definition) is 11. The summed E-state index contributed by atoms with van der Waals surface area (Å²) in [6, 6.07) is 27.0. The van der Waals surface area contributed by atoms with Crippen molar-refractivity contribution in [2.24, 2.45) is 5.92 Å². The van der Waals surface area contributed by atoms with Crippen molar-refractivity contribution in [2.75, 3.05) is 19.8 Å². The maximum atomic E-state index is 12.5. The Bertz CT molecular complexity index is 2060. The third kappa shape index (κ3) is 13.4. The van der Waals surface area contributed by atoms with E-state index in [-0.39, 0.29) is 58.7 Å². The zero-order chi connectivity index (χ0) is 40.6. The van der Waals surface area contributed by atoms with Gasteiger partial charge in [-0.25, -0.2) is 24.0 Å². The maximum Gasteiger partial charge on any atom is 0.343 e. The normalized spacial score (nSPS) is 10.6. The number of hydrogen-bond donors (Lipinski definition) is 0. The minimum absolute atomic E-state index is 0.0523. The summed E-state index contributed by atoms with van der Waals surface area (Å²) in [6.07, 6.45) is 3.42. The number of carbonyl (C=O) groups is 5. The van der Waals surface area contributed by atoms with Gasteiger partial charge >= 0.3 is 29.8 Å². The van der Waals surface area contributed by atoms with Gasteiger partial charge < -0.3 is 28.4 Å². The van der Waals surface area contributed by atoms with Gasteiger partial charge in [0, 0.05) is 28.7 Å². The second kappa shape index (κ2) is 20.4. The topological polar surface area (TPSA) is 141 Å². The molecule has 0 amide bonds. The van der Waals surface area contributed by atoms with Crippen LogP contribution in [-0.4, -0.2) is 49.7 Å². The van der Waals surface area contributed by atoms with E-state index in [4.69, 9.17) is 28.4 Å². The Morgan fingerprint density at radius 1 is 0.554 bits per heavy atom. The smallest absolute Gasteiger partial charge is 0.343 e. The summed E-state index contributed by atoms with van der Waals surface area (Å²) in [6.45, 7) is 15.7. The van der Waals surface area contributed by atoms with E-state index in [1.807, 2.05) is 48.5 Å². The molecule has 288 valence electrons. The zero-order valence-electron chi connectivity index (χ0n) is 31.4. The van der Waals surface area contributed by atoms with E-state index >= 15 is 0 Å². The van der Waals surface area contributed by atoms with E-state index < -0.39 is 29.8 Å². The van der Waals surface area contributed by atoms with Gasteiger partial charge in [0.05, 0.1) is 25.4 Å². The van der Waals surface area contributed by atoms with Crippen LogP contribution in [0.4, 0.5) is 0 Å². The number of ether oxygens (including phenoxy) is 6. The molecule has 0 radical (unpaired) electrons. The summed E-state index contributed by atoms with van der Waals surface area (Å²) in [5.41, 5.74) is 3.76. The lowest BCUT2D eigenvalue weighted by Gasteiger charge is -2.18. The molecule has 0 aliphatic carbocycles. The first-order valence-corrected chi connectivity index (χ1v) is 17.5. The van der Waals surface area contributed by atoms with Crippen LogP contribution in [0, 0.1) is 5.92 Å². The summed E-state index contributed by atoms with van der Waals surface area (Å²) in [7, 11) is 0. The first kappa shape index (κ1) is 41.7. The number of rotatable bonds is 18. The summed E-state index contributed by atoms with van der Waals surface area (Å²) < 4.78 is 32.3. The molecule has 0 spiro atoms. The number of benzene rings is 4. The van der Waals surface area contributed by atoms with Crippen LogP contribution in [0.3, 0.4) is 0 Å². The fraction of sp³-hybridized carbons (Fsp3) is 0.178. The molecule has 0 saturated heterocycles. The highest BCUT2D eigenvalue weighted by Gasteiger charge is 2.17. The summed E-state index contributed by atoms with van der Waals surface area (Å²) >= 11 is 0. The summed E-state index contributed by atoms with van der Waals surface area (Å²) in [5, 5.41) is 0. The average molecular weight is 759 g/mol. The minimum atomic E-state index is -0.618. The van der Waals surface area contributed by atoms with Gasteiger partial charge in [0.15, 0.2) is 0 Å². The highest BCUT2D eigenvalue weighted by atomic mass is 16.6. The molecule has 0 bridgehead atoms. The van der Waals surface area contributed by atoms with Crippen LogP contribution in [0.1, 0.15) is 43.1 Å². The third-order valence-corrected chi connectivity index (χ3v) is 7.80. The average Bonchev–Trinajstić information content (AvgIpc) is 3.19. The zero-order valence-corrected chi connectivity index (χ0v) is 31.4. The van der Waals surface area contributed by atoms with Crippen molar-refractivity contribution in [2.45, 2.75) is 27.2 Å². The van der Waals surface area contributed by atoms with Gasteiger partial charge in [0.1, 0.15) is 23.0 Å². The second-order valence-corrected chi connectivity index (χ2v) is 12.7. The van der Waals surface area contributed by atoms with Gasteiger partial charge in [0.25, 0.3) is 0 Å². The van der Waals surface area contributed by atoms with Crippen LogP contribution in [-0.2, 0) is 28.7 Å². The highest BCUT2D eigenvalue weighted by molar-refractivity contribution is 5.92. The van der Waals surface area contributed by atoms with Crippen molar-refractivity contribution in [3.8, 4) is 34.1 Å². The Hall–Kier alpha value is -7.01. The maximum absolute atomic E-state index is 12.5. The lowest BCUT2D eigenvalue weighted by molar-refractivity contribution is -0.144. The van der Waals surface area contributed by atoms with E-state index in [9.17, 15) is 24.0 Å². The molecule has 4 aromatic rings. The van der Waals surface area contributed by atoms with Crippen LogP contribution in [0.15, 0.2) is 140 Å². The molecular weight excluding hydrogens is 716 g/mol. The van der Waals surface area contributed by atoms with E-state index in [0.717, 1.165) is 16.7 Å². The van der Waals surface area contributed by atoms with Crippen LogP contribution in [0.25, 0.3) is 17.2 Å². The Morgan fingerprint density at radius 3 is 1.52 bits per heavy atom. The minimum Gasteiger partial charge on any atom is -0.494 e. The monoisotopic (exact) mass is 758 g/mol. The molecule has 0 saturated carbocycles. The van der Waals surface area contributed by atoms with Crippen molar-refractivity contribution in [3.05, 3.63) is 151 Å². The first-order valence-electron chi connectivity index (χ1n) is 17.5. The molecule has 0 atom stereocenters. The van der Waals surface area contributed by atoms with Gasteiger partial charge in [-0.15, -0.1) is 0 Å². The molecule has 0 unspecified atom stereocenters. The van der Waals surface area contributed by atoms with E-state index in [2.05, 4.69) is 19.7 Å². The van der Waals surface area contributed by atoms with Crippen molar-refractivity contribution in [3.63, 3.8) is 0 Å². The third-order valence-electron chi connectivity index (χ3n) is 7.80. The number of esters is 5. The summed E-state index contributed by atoms with van der Waals surface area (Å²) in [4.78, 5) is 60.4. The van der Waals surface area contributed by atoms with Crippen molar-refractivity contribution >= 4 is 35.9 Å². The van der Waals surface area contributed by atoms with Gasteiger partial charge in [-0.05, 0) is 111 Å². The molecule has 0 N–H and O–H groups in total. The lowest BCUT2D eigenvalue weighted by atomic mass is 10.0. The molecule has 0 fully saturated rings. The predicted molar refractivity (Wildman–Crippen MR) is 210 cm³/mol. The molecule has 4 aromatic carbocycles. The Kier molecular flexibility index (Phi) is 15.2.